The molecular formula is C11H20N4S. The van der Waals surface area contributed by atoms with Gasteiger partial charge in [0, 0.05) is 16.0 Å². The largest absolute Gasteiger partial charge is 0.308 e. The highest BCUT2D eigenvalue weighted by Gasteiger charge is 2.13. The van der Waals surface area contributed by atoms with Gasteiger partial charge in [-0.05, 0) is 13.8 Å². The van der Waals surface area contributed by atoms with Crippen LogP contribution in [0.2, 0.25) is 0 Å². The summed E-state index contributed by atoms with van der Waals surface area (Å²) in [6.45, 7) is 10.5. The lowest BCUT2D eigenvalue weighted by molar-refractivity contribution is 0.799. The summed E-state index contributed by atoms with van der Waals surface area (Å²) in [7, 11) is 0. The molecule has 4 nitrogen and oxygen atoms in total. The quantitative estimate of drug-likeness (QED) is 0.627. The zero-order chi connectivity index (χ0) is 12.3. The molecule has 1 heterocycles. The molecule has 0 aliphatic heterocycles. The fraction of sp³-hybridized carbons (Fsp3) is 0.636. The van der Waals surface area contributed by atoms with E-state index in [4.69, 9.17) is 5.84 Å². The van der Waals surface area contributed by atoms with Crippen molar-refractivity contribution in [1.82, 2.24) is 9.97 Å². The second-order valence-corrected chi connectivity index (χ2v) is 6.55. The Balaban J connectivity index is 2.86. The van der Waals surface area contributed by atoms with Crippen LogP contribution in [-0.4, -0.2) is 14.7 Å². The van der Waals surface area contributed by atoms with Crippen molar-refractivity contribution in [1.29, 1.82) is 0 Å². The first-order valence-electron chi connectivity index (χ1n) is 5.28. The van der Waals surface area contributed by atoms with Gasteiger partial charge in [0.05, 0.1) is 5.75 Å². The molecule has 5 heteroatoms. The summed E-state index contributed by atoms with van der Waals surface area (Å²) in [6.07, 6.45) is 0. The Bertz CT molecular complexity index is 371. The molecule has 0 atom stereocenters. The van der Waals surface area contributed by atoms with Crippen LogP contribution >= 0.6 is 11.8 Å². The lowest BCUT2D eigenvalue weighted by Gasteiger charge is -2.17. The van der Waals surface area contributed by atoms with Gasteiger partial charge in [0.1, 0.15) is 11.6 Å². The van der Waals surface area contributed by atoms with Gasteiger partial charge in [-0.25, -0.2) is 15.8 Å². The van der Waals surface area contributed by atoms with E-state index in [9.17, 15) is 0 Å². The first-order chi connectivity index (χ1) is 7.33. The molecule has 0 bridgehead atoms. The van der Waals surface area contributed by atoms with Crippen LogP contribution in [0.5, 0.6) is 0 Å². The molecule has 16 heavy (non-hydrogen) atoms. The summed E-state index contributed by atoms with van der Waals surface area (Å²) in [5.74, 6) is 7.78. The number of hydrogen-bond donors (Lipinski definition) is 2. The van der Waals surface area contributed by atoms with E-state index >= 15 is 0 Å². The van der Waals surface area contributed by atoms with Gasteiger partial charge in [0.25, 0.3) is 0 Å². The van der Waals surface area contributed by atoms with Crippen molar-refractivity contribution in [2.75, 3.05) is 5.43 Å². The van der Waals surface area contributed by atoms with Crippen molar-refractivity contribution in [2.45, 2.75) is 45.1 Å². The third-order valence-corrected chi connectivity index (χ3v) is 3.48. The number of nitrogen functional groups attached to an aromatic ring is 1. The molecule has 0 radical (unpaired) electrons. The number of thioether (sulfide) groups is 1. The molecule has 0 fully saturated rings. The van der Waals surface area contributed by atoms with E-state index in [0.29, 0.717) is 0 Å². The maximum Gasteiger partial charge on any atom is 0.146 e. The molecule has 90 valence electrons. The Morgan fingerprint density at radius 2 is 1.88 bits per heavy atom. The number of hydrazine groups is 1. The predicted octanol–water partition coefficient (Wildman–Crippen LogP) is 2.41. The second-order valence-electron chi connectivity index (χ2n) is 4.74. The lowest BCUT2D eigenvalue weighted by atomic mass is 10.2. The summed E-state index contributed by atoms with van der Waals surface area (Å²) < 4.78 is 0.221. The van der Waals surface area contributed by atoms with Crippen LogP contribution in [0.4, 0.5) is 5.82 Å². The monoisotopic (exact) mass is 240 g/mol. The molecule has 1 aromatic rings. The molecule has 3 N–H and O–H groups in total. The minimum Gasteiger partial charge on any atom is -0.308 e. The number of hydrogen-bond acceptors (Lipinski definition) is 5. The van der Waals surface area contributed by atoms with Gasteiger partial charge >= 0.3 is 0 Å². The maximum atomic E-state index is 5.42. The maximum absolute atomic E-state index is 5.42. The van der Waals surface area contributed by atoms with Crippen molar-refractivity contribution in [3.8, 4) is 0 Å². The molecule has 0 saturated carbocycles. The zero-order valence-electron chi connectivity index (χ0n) is 10.6. The fourth-order valence-electron chi connectivity index (χ4n) is 1.17. The van der Waals surface area contributed by atoms with Crippen LogP contribution in [0, 0.1) is 13.8 Å². The van der Waals surface area contributed by atoms with E-state index in [0.717, 1.165) is 28.7 Å². The third-order valence-electron chi connectivity index (χ3n) is 2.21. The minimum absolute atomic E-state index is 0.221. The van der Waals surface area contributed by atoms with Crippen LogP contribution in [0.15, 0.2) is 0 Å². The van der Waals surface area contributed by atoms with Crippen LogP contribution < -0.4 is 11.3 Å². The Morgan fingerprint density at radius 3 is 2.38 bits per heavy atom. The average molecular weight is 240 g/mol. The summed E-state index contributed by atoms with van der Waals surface area (Å²) in [4.78, 5) is 8.84. The number of aryl methyl sites for hydroxylation is 1. The summed E-state index contributed by atoms with van der Waals surface area (Å²) >= 11 is 1.83. The fourth-order valence-corrected chi connectivity index (χ4v) is 1.86. The zero-order valence-corrected chi connectivity index (χ0v) is 11.4. The second kappa shape index (κ2) is 5.01. The highest BCUT2D eigenvalue weighted by molar-refractivity contribution is 7.99. The Labute approximate surface area is 101 Å². The predicted molar refractivity (Wildman–Crippen MR) is 70.4 cm³/mol. The van der Waals surface area contributed by atoms with Crippen molar-refractivity contribution < 1.29 is 0 Å². The van der Waals surface area contributed by atoms with E-state index < -0.39 is 0 Å². The number of nitrogens with one attached hydrogen (secondary N) is 1. The SMILES string of the molecule is Cc1nc(CSC(C)(C)C)nc(NN)c1C. The molecule has 0 aliphatic carbocycles. The molecule has 0 aliphatic rings. The topological polar surface area (TPSA) is 63.8 Å². The van der Waals surface area contributed by atoms with E-state index in [2.05, 4.69) is 36.2 Å². The molecule has 0 unspecified atom stereocenters. The van der Waals surface area contributed by atoms with Gasteiger partial charge in [0.15, 0.2) is 0 Å². The first-order valence-corrected chi connectivity index (χ1v) is 6.27. The summed E-state index contributed by atoms with van der Waals surface area (Å²) in [5.41, 5.74) is 4.60. The Hall–Kier alpha value is -0.810. The molecule has 1 rings (SSSR count). The highest BCUT2D eigenvalue weighted by Crippen LogP contribution is 2.26. The number of nitrogens with zero attached hydrogens (tertiary/aromatic N) is 2. The number of anilines is 1. The molecule has 1 aromatic heterocycles. The molecule has 0 spiro atoms. The van der Waals surface area contributed by atoms with Crippen molar-refractivity contribution >= 4 is 17.6 Å². The lowest BCUT2D eigenvalue weighted by Crippen LogP contribution is -2.14. The number of aromatic nitrogens is 2. The van der Waals surface area contributed by atoms with E-state index in [1.807, 2.05) is 25.6 Å². The number of nitrogens with two attached hydrogens (primary N) is 1. The Morgan fingerprint density at radius 1 is 1.25 bits per heavy atom. The minimum atomic E-state index is 0.221. The van der Waals surface area contributed by atoms with Gasteiger partial charge < -0.3 is 5.43 Å². The smallest absolute Gasteiger partial charge is 0.146 e. The van der Waals surface area contributed by atoms with E-state index in [1.165, 1.54) is 0 Å². The van der Waals surface area contributed by atoms with Gasteiger partial charge in [-0.1, -0.05) is 20.8 Å². The van der Waals surface area contributed by atoms with Crippen LogP contribution in [0.25, 0.3) is 0 Å². The first kappa shape index (κ1) is 13.3. The molecule has 0 amide bonds. The summed E-state index contributed by atoms with van der Waals surface area (Å²) in [5, 5.41) is 0. The van der Waals surface area contributed by atoms with Crippen molar-refractivity contribution in [3.05, 3.63) is 17.1 Å². The van der Waals surface area contributed by atoms with E-state index in [1.54, 1.807) is 0 Å². The van der Waals surface area contributed by atoms with Gasteiger partial charge in [-0.15, -0.1) is 11.8 Å². The summed E-state index contributed by atoms with van der Waals surface area (Å²) in [6, 6.07) is 0. The van der Waals surface area contributed by atoms with Crippen LogP contribution in [-0.2, 0) is 5.75 Å². The average Bonchev–Trinajstić information content (AvgIpc) is 2.18. The molecule has 0 aromatic carbocycles. The van der Waals surface area contributed by atoms with Gasteiger partial charge in [0.2, 0.25) is 0 Å². The van der Waals surface area contributed by atoms with Gasteiger partial charge in [-0.2, -0.15) is 0 Å². The van der Waals surface area contributed by atoms with E-state index in [-0.39, 0.29) is 4.75 Å². The van der Waals surface area contributed by atoms with Gasteiger partial charge in [-0.3, -0.25) is 0 Å². The molecular weight excluding hydrogens is 220 g/mol. The Kier molecular flexibility index (Phi) is 4.15. The van der Waals surface area contributed by atoms with Crippen LogP contribution in [0.1, 0.15) is 37.9 Å². The van der Waals surface area contributed by atoms with Crippen molar-refractivity contribution in [2.24, 2.45) is 5.84 Å². The third kappa shape index (κ3) is 3.64. The van der Waals surface area contributed by atoms with Crippen LogP contribution in [0.3, 0.4) is 0 Å². The molecule has 0 saturated heterocycles. The number of rotatable bonds is 3. The highest BCUT2D eigenvalue weighted by atomic mass is 32.2. The van der Waals surface area contributed by atoms with Crippen molar-refractivity contribution in [3.63, 3.8) is 0 Å². The normalized spacial score (nSPS) is 11.6. The standard InChI is InChI=1S/C11H20N4S/c1-7-8(2)13-9(14-10(7)15-12)6-16-11(3,4)5/h6,12H2,1-5H3,(H,13,14,15).